The summed E-state index contributed by atoms with van der Waals surface area (Å²) in [4.78, 5) is 69.1. The maximum Gasteiger partial charge on any atom is 0.511 e. The van der Waals surface area contributed by atoms with Crippen molar-refractivity contribution in [2.24, 2.45) is 5.16 Å². The van der Waals surface area contributed by atoms with E-state index in [4.69, 9.17) is 24.7 Å². The molecule has 2 aliphatic rings. The van der Waals surface area contributed by atoms with E-state index in [1.165, 1.54) is 43.1 Å². The molecule has 0 radical (unpaired) electrons. The SMILES string of the molecule is CC(C)OC(=O)OC(C)OC(=O)C1=C(COC(=O)N(C)C)CS[C@@H]2[C@H](NC(=O)/C(=N\O)c3csc(N)n3)C(=O)N12. The van der Waals surface area contributed by atoms with Crippen molar-refractivity contribution in [1.82, 2.24) is 20.1 Å². The number of rotatable bonds is 9. The fourth-order valence-electron chi connectivity index (χ4n) is 3.47. The van der Waals surface area contributed by atoms with Crippen LogP contribution in [0.25, 0.3) is 0 Å². The van der Waals surface area contributed by atoms with Gasteiger partial charge in [0.15, 0.2) is 10.8 Å². The van der Waals surface area contributed by atoms with Gasteiger partial charge in [0.25, 0.3) is 11.8 Å². The van der Waals surface area contributed by atoms with Crippen LogP contribution >= 0.6 is 23.1 Å². The summed E-state index contributed by atoms with van der Waals surface area (Å²) in [6, 6.07) is -1.10. The van der Waals surface area contributed by atoms with Crippen LogP contribution in [0.2, 0.25) is 0 Å². The first-order valence-electron chi connectivity index (χ1n) is 11.7. The van der Waals surface area contributed by atoms with E-state index in [0.29, 0.717) is 0 Å². The van der Waals surface area contributed by atoms with Gasteiger partial charge < -0.3 is 40.1 Å². The zero-order chi connectivity index (χ0) is 29.7. The Labute approximate surface area is 236 Å². The molecule has 0 saturated carbocycles. The number of hydrogen-bond acceptors (Lipinski definition) is 15. The molecule has 1 fully saturated rings. The summed E-state index contributed by atoms with van der Waals surface area (Å²) in [6.07, 6.45) is -3.60. The summed E-state index contributed by atoms with van der Waals surface area (Å²) in [5, 5.41) is 15.6. The Hall–Kier alpha value is -4.06. The molecule has 16 nitrogen and oxygen atoms in total. The highest BCUT2D eigenvalue weighted by molar-refractivity contribution is 8.00. The number of carbonyl (C=O) groups excluding carboxylic acids is 5. The average Bonchev–Trinajstić information content (AvgIpc) is 3.30. The molecule has 1 aromatic rings. The van der Waals surface area contributed by atoms with Crippen molar-refractivity contribution in [3.8, 4) is 0 Å². The highest BCUT2D eigenvalue weighted by Crippen LogP contribution is 2.41. The van der Waals surface area contributed by atoms with E-state index in [1.807, 2.05) is 0 Å². The summed E-state index contributed by atoms with van der Waals surface area (Å²) < 4.78 is 20.2. The number of oxime groups is 1. The summed E-state index contributed by atoms with van der Waals surface area (Å²) >= 11 is 2.22. The molecule has 3 atom stereocenters. The molecule has 218 valence electrons. The number of fused-ring (bicyclic) bond motifs is 1. The topological polar surface area (TPSA) is 212 Å². The van der Waals surface area contributed by atoms with Crippen LogP contribution in [0.3, 0.4) is 0 Å². The monoisotopic (exact) mass is 600 g/mol. The van der Waals surface area contributed by atoms with Crippen LogP contribution in [0.1, 0.15) is 26.5 Å². The number of aromatic nitrogens is 1. The predicted octanol–water partition coefficient (Wildman–Crippen LogP) is 0.707. The minimum Gasteiger partial charge on any atom is -0.445 e. The lowest BCUT2D eigenvalue weighted by atomic mass is 10.0. The Kier molecular flexibility index (Phi) is 9.80. The van der Waals surface area contributed by atoms with E-state index < -0.39 is 59.6 Å². The zero-order valence-electron chi connectivity index (χ0n) is 22.1. The van der Waals surface area contributed by atoms with E-state index in [2.05, 4.69) is 15.5 Å². The Bertz CT molecular complexity index is 1250. The van der Waals surface area contributed by atoms with Gasteiger partial charge in [-0.1, -0.05) is 5.16 Å². The van der Waals surface area contributed by atoms with Crippen molar-refractivity contribution in [2.75, 3.05) is 32.2 Å². The average molecular weight is 601 g/mol. The van der Waals surface area contributed by atoms with Crippen molar-refractivity contribution in [1.29, 1.82) is 0 Å². The van der Waals surface area contributed by atoms with Crippen LogP contribution in [-0.4, -0.2) is 106 Å². The zero-order valence-corrected chi connectivity index (χ0v) is 23.7. The smallest absolute Gasteiger partial charge is 0.445 e. The fraction of sp³-hybridized carbons (Fsp3) is 0.500. The van der Waals surface area contributed by atoms with Crippen molar-refractivity contribution in [2.45, 2.75) is 44.6 Å². The minimum atomic E-state index is -1.38. The number of nitrogen functional groups attached to an aromatic ring is 1. The van der Waals surface area contributed by atoms with E-state index >= 15 is 0 Å². The molecule has 40 heavy (non-hydrogen) atoms. The second-order valence-corrected chi connectivity index (χ2v) is 10.8. The van der Waals surface area contributed by atoms with Crippen LogP contribution in [0.5, 0.6) is 0 Å². The molecule has 0 aliphatic carbocycles. The summed E-state index contributed by atoms with van der Waals surface area (Å²) in [7, 11) is 2.95. The van der Waals surface area contributed by atoms with Crippen molar-refractivity contribution >= 4 is 64.0 Å². The molecule has 1 unspecified atom stereocenters. The lowest BCUT2D eigenvalue weighted by Crippen LogP contribution is -2.71. The maximum atomic E-state index is 13.2. The number of hydrogen-bond donors (Lipinski definition) is 3. The third kappa shape index (κ3) is 6.92. The molecule has 1 aromatic heterocycles. The van der Waals surface area contributed by atoms with Gasteiger partial charge in [0.1, 0.15) is 29.4 Å². The van der Waals surface area contributed by atoms with Crippen LogP contribution < -0.4 is 11.1 Å². The Morgan fingerprint density at radius 1 is 1.25 bits per heavy atom. The van der Waals surface area contributed by atoms with E-state index in [-0.39, 0.29) is 34.5 Å². The number of nitrogens with two attached hydrogens (primary N) is 1. The quantitative estimate of drug-likeness (QED) is 0.0678. The molecular formula is C22H28N6O10S2. The first kappa shape index (κ1) is 30.5. The first-order valence-corrected chi connectivity index (χ1v) is 13.6. The van der Waals surface area contributed by atoms with E-state index in [1.54, 1.807) is 13.8 Å². The van der Waals surface area contributed by atoms with Gasteiger partial charge in [-0.05, 0) is 13.8 Å². The van der Waals surface area contributed by atoms with E-state index in [0.717, 1.165) is 16.2 Å². The molecule has 3 rings (SSSR count). The number of thiazole rings is 1. The highest BCUT2D eigenvalue weighted by atomic mass is 32.2. The number of nitrogens with zero attached hydrogens (tertiary/aromatic N) is 4. The van der Waals surface area contributed by atoms with Gasteiger partial charge in [0, 0.05) is 37.7 Å². The lowest BCUT2D eigenvalue weighted by molar-refractivity contribution is -0.169. The molecule has 4 N–H and O–H groups in total. The third-order valence-corrected chi connectivity index (χ3v) is 7.22. The number of nitrogens with one attached hydrogen (secondary N) is 1. The third-order valence-electron chi connectivity index (χ3n) is 5.21. The number of amides is 3. The second kappa shape index (κ2) is 12.9. The number of anilines is 1. The molecule has 2 aliphatic heterocycles. The molecule has 3 amide bonds. The van der Waals surface area contributed by atoms with E-state index in [9.17, 15) is 29.2 Å². The Morgan fingerprint density at radius 3 is 2.52 bits per heavy atom. The normalized spacial score (nSPS) is 19.3. The molecule has 1 saturated heterocycles. The minimum absolute atomic E-state index is 0.0153. The number of esters is 1. The van der Waals surface area contributed by atoms with Crippen molar-refractivity contribution in [3.63, 3.8) is 0 Å². The van der Waals surface area contributed by atoms with Crippen LogP contribution in [0.4, 0.5) is 14.7 Å². The highest BCUT2D eigenvalue weighted by Gasteiger charge is 2.55. The number of carbonyl (C=O) groups is 5. The maximum absolute atomic E-state index is 13.2. The Balaban J connectivity index is 1.79. The van der Waals surface area contributed by atoms with Gasteiger partial charge in [0.05, 0.1) is 6.10 Å². The summed E-state index contributed by atoms with van der Waals surface area (Å²) in [6.45, 7) is 4.16. The van der Waals surface area contributed by atoms with Gasteiger partial charge >= 0.3 is 18.2 Å². The lowest BCUT2D eigenvalue weighted by Gasteiger charge is -2.49. The standard InChI is InChI=1S/C22H28N6O10S2/c1-9(2)36-22(33)38-10(3)37-19(31)15-11(6-35-21(32)27(4)5)7-39-18-14(17(30)28(15)18)25-16(29)13(26-34)12-8-40-20(23)24-12/h8-10,14,18,34H,6-7H2,1-5H3,(H2,23,24)(H,25,29)/b26-13-/t10?,14-,18-/m1/s1. The molecule has 0 aromatic carbocycles. The van der Waals surface area contributed by atoms with Gasteiger partial charge in [0.2, 0.25) is 6.29 Å². The van der Waals surface area contributed by atoms with Crippen molar-refractivity contribution in [3.05, 3.63) is 22.3 Å². The summed E-state index contributed by atoms with van der Waals surface area (Å²) in [5.41, 5.74) is 5.17. The summed E-state index contributed by atoms with van der Waals surface area (Å²) in [5.74, 6) is -2.48. The van der Waals surface area contributed by atoms with Crippen LogP contribution in [0.15, 0.2) is 21.8 Å². The fourth-order valence-corrected chi connectivity index (χ4v) is 5.34. The van der Waals surface area contributed by atoms with Gasteiger partial charge in [-0.15, -0.1) is 23.1 Å². The van der Waals surface area contributed by atoms with Gasteiger partial charge in [-0.3, -0.25) is 14.5 Å². The van der Waals surface area contributed by atoms with Gasteiger partial charge in [-0.2, -0.15) is 0 Å². The van der Waals surface area contributed by atoms with Crippen LogP contribution in [0, 0.1) is 0 Å². The second-order valence-electron chi connectivity index (χ2n) is 8.79. The molecular weight excluding hydrogens is 572 g/mol. The molecule has 0 spiro atoms. The number of thioether (sulfide) groups is 1. The molecule has 3 heterocycles. The van der Waals surface area contributed by atoms with Gasteiger partial charge in [-0.25, -0.2) is 19.4 Å². The first-order chi connectivity index (χ1) is 18.8. The molecule has 18 heteroatoms. The van der Waals surface area contributed by atoms with Crippen LogP contribution in [-0.2, 0) is 33.3 Å². The largest absolute Gasteiger partial charge is 0.511 e. The molecule has 0 bridgehead atoms. The number of ether oxygens (including phenoxy) is 4. The number of β-lactam (4-membered cyclic amide) rings is 1. The Morgan fingerprint density at radius 2 is 1.95 bits per heavy atom. The van der Waals surface area contributed by atoms with Crippen molar-refractivity contribution < 1.29 is 48.1 Å². The predicted molar refractivity (Wildman–Crippen MR) is 140 cm³/mol.